The molecular formula is C9H9F2N. The quantitative estimate of drug-likeness (QED) is 0.678. The number of hydrogen-bond donors (Lipinski definition) is 1. The smallest absolute Gasteiger partial charge is 0.130 e. The van der Waals surface area contributed by atoms with Crippen molar-refractivity contribution in [2.75, 3.05) is 6.54 Å². The van der Waals surface area contributed by atoms with Gasteiger partial charge < -0.3 is 5.32 Å². The van der Waals surface area contributed by atoms with E-state index < -0.39 is 11.6 Å². The minimum absolute atomic E-state index is 0.0885. The Morgan fingerprint density at radius 2 is 2.08 bits per heavy atom. The summed E-state index contributed by atoms with van der Waals surface area (Å²) in [5, 5.41) is 3.06. The monoisotopic (exact) mass is 169 g/mol. The van der Waals surface area contributed by atoms with Crippen LogP contribution in [-0.4, -0.2) is 6.54 Å². The highest BCUT2D eigenvalue weighted by Gasteiger charge is 2.21. The van der Waals surface area contributed by atoms with Gasteiger partial charge in [-0.3, -0.25) is 0 Å². The van der Waals surface area contributed by atoms with E-state index in [1.54, 1.807) is 0 Å². The number of hydrogen-bond acceptors (Lipinski definition) is 1. The fourth-order valence-electron chi connectivity index (χ4n) is 1.34. The highest BCUT2D eigenvalue weighted by Crippen LogP contribution is 2.25. The third-order valence-electron chi connectivity index (χ3n) is 2.16. The summed E-state index contributed by atoms with van der Waals surface area (Å²) >= 11 is 0. The summed E-state index contributed by atoms with van der Waals surface area (Å²) in [5.41, 5.74) is 0.572. The average molecular weight is 169 g/mol. The van der Waals surface area contributed by atoms with Crippen LogP contribution in [0.1, 0.15) is 18.0 Å². The molecule has 1 aromatic carbocycles. The van der Waals surface area contributed by atoms with E-state index >= 15 is 0 Å². The summed E-state index contributed by atoms with van der Waals surface area (Å²) < 4.78 is 25.5. The van der Waals surface area contributed by atoms with Gasteiger partial charge in [-0.15, -0.1) is 0 Å². The fourth-order valence-corrected chi connectivity index (χ4v) is 1.34. The van der Waals surface area contributed by atoms with E-state index in [1.807, 2.05) is 0 Å². The molecule has 1 aliphatic rings. The van der Waals surface area contributed by atoms with Crippen LogP contribution in [-0.2, 0) is 0 Å². The van der Waals surface area contributed by atoms with Crippen molar-refractivity contribution < 1.29 is 8.78 Å². The molecule has 1 atom stereocenters. The van der Waals surface area contributed by atoms with Gasteiger partial charge in [-0.1, -0.05) is 6.07 Å². The summed E-state index contributed by atoms with van der Waals surface area (Å²) in [5.74, 6) is -0.970. The average Bonchev–Trinajstić information content (AvgIpc) is 1.91. The van der Waals surface area contributed by atoms with Gasteiger partial charge in [0.05, 0.1) is 0 Å². The molecular weight excluding hydrogens is 160 g/mol. The van der Waals surface area contributed by atoms with E-state index in [2.05, 4.69) is 5.32 Å². The zero-order chi connectivity index (χ0) is 8.55. The molecule has 1 aromatic rings. The maximum absolute atomic E-state index is 13.0. The van der Waals surface area contributed by atoms with E-state index in [-0.39, 0.29) is 6.04 Å². The van der Waals surface area contributed by atoms with Crippen molar-refractivity contribution in [2.24, 2.45) is 0 Å². The van der Waals surface area contributed by atoms with Crippen LogP contribution >= 0.6 is 0 Å². The molecule has 1 fully saturated rings. The van der Waals surface area contributed by atoms with Gasteiger partial charge in [0, 0.05) is 17.7 Å². The first kappa shape index (κ1) is 7.68. The lowest BCUT2D eigenvalue weighted by Gasteiger charge is -2.28. The van der Waals surface area contributed by atoms with Crippen LogP contribution < -0.4 is 5.32 Å². The highest BCUT2D eigenvalue weighted by molar-refractivity contribution is 5.23. The van der Waals surface area contributed by atoms with Crippen molar-refractivity contribution in [3.05, 3.63) is 35.4 Å². The fraction of sp³-hybridized carbons (Fsp3) is 0.333. The van der Waals surface area contributed by atoms with Crippen LogP contribution in [0.25, 0.3) is 0 Å². The predicted molar refractivity (Wildman–Crippen MR) is 41.7 cm³/mol. The Hall–Kier alpha value is -0.960. The lowest BCUT2D eigenvalue weighted by molar-refractivity contribution is 0.369. The molecule has 12 heavy (non-hydrogen) atoms. The second-order valence-electron chi connectivity index (χ2n) is 2.96. The minimum atomic E-state index is -0.518. The topological polar surface area (TPSA) is 12.0 Å². The second-order valence-corrected chi connectivity index (χ2v) is 2.96. The molecule has 0 bridgehead atoms. The van der Waals surface area contributed by atoms with E-state index in [4.69, 9.17) is 0 Å². The first-order valence-corrected chi connectivity index (χ1v) is 3.96. The molecule has 1 aliphatic heterocycles. The van der Waals surface area contributed by atoms with Crippen molar-refractivity contribution in [3.63, 3.8) is 0 Å². The van der Waals surface area contributed by atoms with E-state index in [0.717, 1.165) is 19.0 Å². The van der Waals surface area contributed by atoms with Crippen LogP contribution in [0, 0.1) is 11.6 Å². The SMILES string of the molecule is Fc1ccc(C2CCN2)c(F)c1. The van der Waals surface area contributed by atoms with E-state index in [0.29, 0.717) is 5.56 Å². The molecule has 0 spiro atoms. The Kier molecular flexibility index (Phi) is 1.81. The van der Waals surface area contributed by atoms with Gasteiger partial charge >= 0.3 is 0 Å². The molecule has 0 radical (unpaired) electrons. The molecule has 1 saturated heterocycles. The third-order valence-corrected chi connectivity index (χ3v) is 2.16. The molecule has 64 valence electrons. The standard InChI is InChI=1S/C9H9F2N/c10-6-1-2-7(8(11)5-6)9-3-4-12-9/h1-2,5,9,12H,3-4H2. The van der Waals surface area contributed by atoms with Crippen molar-refractivity contribution in [1.82, 2.24) is 5.32 Å². The molecule has 1 heterocycles. The number of benzene rings is 1. The summed E-state index contributed by atoms with van der Waals surface area (Å²) in [6, 6.07) is 3.81. The molecule has 0 saturated carbocycles. The first-order valence-electron chi connectivity index (χ1n) is 3.96. The van der Waals surface area contributed by atoms with Gasteiger partial charge in [-0.05, 0) is 19.0 Å². The summed E-state index contributed by atoms with van der Waals surface area (Å²) in [6.45, 7) is 0.918. The van der Waals surface area contributed by atoms with Crippen LogP contribution in [0.15, 0.2) is 18.2 Å². The van der Waals surface area contributed by atoms with Gasteiger partial charge in [0.15, 0.2) is 0 Å². The Morgan fingerprint density at radius 1 is 1.33 bits per heavy atom. The summed E-state index contributed by atoms with van der Waals surface area (Å²) in [6.07, 6.45) is 0.933. The van der Waals surface area contributed by atoms with Gasteiger partial charge in [0.25, 0.3) is 0 Å². The molecule has 3 heteroatoms. The number of nitrogens with one attached hydrogen (secondary N) is 1. The Labute approximate surface area is 69.4 Å². The highest BCUT2D eigenvalue weighted by atomic mass is 19.1. The number of halogens is 2. The van der Waals surface area contributed by atoms with Crippen LogP contribution in [0.3, 0.4) is 0 Å². The third kappa shape index (κ3) is 1.20. The first-order chi connectivity index (χ1) is 5.77. The largest absolute Gasteiger partial charge is 0.310 e. The molecule has 1 unspecified atom stereocenters. The lowest BCUT2D eigenvalue weighted by atomic mass is 9.98. The van der Waals surface area contributed by atoms with Crippen molar-refractivity contribution in [3.8, 4) is 0 Å². The minimum Gasteiger partial charge on any atom is -0.310 e. The Bertz CT molecular complexity index is 295. The molecule has 2 rings (SSSR count). The maximum atomic E-state index is 13.0. The summed E-state index contributed by atoms with van der Waals surface area (Å²) in [7, 11) is 0. The second kappa shape index (κ2) is 2.83. The van der Waals surface area contributed by atoms with E-state index in [9.17, 15) is 8.78 Å². The predicted octanol–water partition coefficient (Wildman–Crippen LogP) is 2.00. The zero-order valence-electron chi connectivity index (χ0n) is 6.48. The molecule has 1 N–H and O–H groups in total. The molecule has 0 aromatic heterocycles. The van der Waals surface area contributed by atoms with Gasteiger partial charge in [0.1, 0.15) is 11.6 Å². The zero-order valence-corrected chi connectivity index (χ0v) is 6.48. The Morgan fingerprint density at radius 3 is 2.58 bits per heavy atom. The van der Waals surface area contributed by atoms with Gasteiger partial charge in [0.2, 0.25) is 0 Å². The normalized spacial score (nSPS) is 22.0. The molecule has 0 aliphatic carbocycles. The van der Waals surface area contributed by atoms with Crippen LogP contribution in [0.4, 0.5) is 8.78 Å². The number of rotatable bonds is 1. The maximum Gasteiger partial charge on any atom is 0.130 e. The molecule has 0 amide bonds. The van der Waals surface area contributed by atoms with Crippen molar-refractivity contribution in [1.29, 1.82) is 0 Å². The van der Waals surface area contributed by atoms with Gasteiger partial charge in [-0.25, -0.2) is 8.78 Å². The summed E-state index contributed by atoms with van der Waals surface area (Å²) in [4.78, 5) is 0. The van der Waals surface area contributed by atoms with Crippen molar-refractivity contribution >= 4 is 0 Å². The van der Waals surface area contributed by atoms with E-state index in [1.165, 1.54) is 12.1 Å². The molecule has 1 nitrogen and oxygen atoms in total. The lowest BCUT2D eigenvalue weighted by Crippen LogP contribution is -2.35. The van der Waals surface area contributed by atoms with Crippen molar-refractivity contribution in [2.45, 2.75) is 12.5 Å². The Balaban J connectivity index is 2.31. The van der Waals surface area contributed by atoms with Crippen LogP contribution in [0.5, 0.6) is 0 Å². The van der Waals surface area contributed by atoms with Gasteiger partial charge in [-0.2, -0.15) is 0 Å². The van der Waals surface area contributed by atoms with Crippen LogP contribution in [0.2, 0.25) is 0 Å².